The van der Waals surface area contributed by atoms with Crippen LogP contribution in [0.4, 0.5) is 0 Å². The second-order valence-electron chi connectivity index (χ2n) is 1.53. The number of rotatable bonds is 3. The summed E-state index contributed by atoms with van der Waals surface area (Å²) in [6.07, 6.45) is -3.49. The maximum Gasteiger partial charge on any atom is 1.00 e. The molecular weight excluding hydrogens is 135 g/mol. The first kappa shape index (κ1) is 12.6. The van der Waals surface area contributed by atoms with Crippen LogP contribution < -0.4 is 18.9 Å². The van der Waals surface area contributed by atoms with Crippen LogP contribution in [0.25, 0.3) is 0 Å². The molecule has 0 heterocycles. The zero-order valence-electron chi connectivity index (χ0n) is 5.56. The minimum Gasteiger partial charge on any atom is -0.479 e. The van der Waals surface area contributed by atoms with E-state index < -0.39 is 24.8 Å². The zero-order valence-corrected chi connectivity index (χ0v) is 5.56. The van der Waals surface area contributed by atoms with Crippen LogP contribution in [-0.4, -0.2) is 45.2 Å². The quantitative estimate of drug-likeness (QED) is 0.296. The molecule has 6 heteroatoms. The summed E-state index contributed by atoms with van der Waals surface area (Å²) in [6, 6.07) is 0. The predicted octanol–water partition coefficient (Wildman–Crippen LogP) is -5.21. The van der Waals surface area contributed by atoms with E-state index in [1.165, 1.54) is 0 Å². The van der Waals surface area contributed by atoms with E-state index >= 15 is 0 Å². The van der Waals surface area contributed by atoms with Crippen LogP contribution in [0.3, 0.4) is 0 Å². The summed E-state index contributed by atoms with van der Waals surface area (Å²) < 4.78 is 0. The normalized spacial score (nSPS) is 15.1. The Labute approximate surface area is 69.5 Å². The number of hydrogen-bond acceptors (Lipinski definition) is 4. The number of carboxylic acid groups (broad SMARTS) is 1. The third-order valence-corrected chi connectivity index (χ3v) is 0.805. The molecule has 10 heavy (non-hydrogen) atoms. The van der Waals surface area contributed by atoms with Crippen molar-refractivity contribution in [1.29, 1.82) is 0 Å². The van der Waals surface area contributed by atoms with Gasteiger partial charge in [0.25, 0.3) is 0 Å². The summed E-state index contributed by atoms with van der Waals surface area (Å²) in [4.78, 5) is 9.78. The van der Waals surface area contributed by atoms with Gasteiger partial charge in [-0.3, -0.25) is 0 Å². The molecule has 0 radical (unpaired) electrons. The number of aliphatic carboxylic acids is 1. The standard InChI is InChI=1S/C4H8O5.Li/c5-1-2(6)3(7)4(8)9;/h2-3,5-7H,1H2,(H,8,9);/q;+1/t2-,3-;/m0./s1. The minimum atomic E-state index is -1.89. The predicted molar refractivity (Wildman–Crippen MR) is 26.7 cm³/mol. The molecule has 0 aliphatic rings. The summed E-state index contributed by atoms with van der Waals surface area (Å²) in [6.45, 7) is -0.756. The Balaban J connectivity index is 0. The van der Waals surface area contributed by atoms with E-state index in [0.717, 1.165) is 0 Å². The molecular formula is C4H8LiO5+. The Hall–Kier alpha value is -0.0526. The van der Waals surface area contributed by atoms with Crippen molar-refractivity contribution in [1.82, 2.24) is 0 Å². The zero-order chi connectivity index (χ0) is 7.44. The fourth-order valence-corrected chi connectivity index (χ4v) is 0.264. The van der Waals surface area contributed by atoms with Gasteiger partial charge in [0.15, 0.2) is 6.10 Å². The van der Waals surface area contributed by atoms with Crippen molar-refractivity contribution in [3.63, 3.8) is 0 Å². The molecule has 0 fully saturated rings. The van der Waals surface area contributed by atoms with Crippen LogP contribution in [0, 0.1) is 0 Å². The molecule has 2 atom stereocenters. The first-order valence-corrected chi connectivity index (χ1v) is 2.29. The largest absolute Gasteiger partial charge is 1.00 e. The molecule has 0 aliphatic carbocycles. The summed E-state index contributed by atoms with van der Waals surface area (Å²) >= 11 is 0. The molecule has 0 aromatic carbocycles. The number of aliphatic hydroxyl groups excluding tert-OH is 3. The Morgan fingerprint density at radius 3 is 1.90 bits per heavy atom. The first-order valence-electron chi connectivity index (χ1n) is 2.29. The van der Waals surface area contributed by atoms with Crippen LogP contribution in [0.15, 0.2) is 0 Å². The van der Waals surface area contributed by atoms with Crippen LogP contribution in [0.1, 0.15) is 0 Å². The van der Waals surface area contributed by atoms with E-state index in [1.54, 1.807) is 0 Å². The number of aliphatic hydroxyl groups is 3. The van der Waals surface area contributed by atoms with Crippen molar-refractivity contribution in [3.05, 3.63) is 0 Å². The third-order valence-electron chi connectivity index (χ3n) is 0.805. The monoisotopic (exact) mass is 143 g/mol. The third kappa shape index (κ3) is 3.88. The van der Waals surface area contributed by atoms with Gasteiger partial charge >= 0.3 is 24.8 Å². The number of hydrogen-bond donors (Lipinski definition) is 4. The van der Waals surface area contributed by atoms with Crippen molar-refractivity contribution in [2.75, 3.05) is 6.61 Å². The van der Waals surface area contributed by atoms with Gasteiger partial charge in [-0.05, 0) is 0 Å². The average molecular weight is 143 g/mol. The van der Waals surface area contributed by atoms with Crippen LogP contribution in [0.2, 0.25) is 0 Å². The van der Waals surface area contributed by atoms with E-state index in [1.807, 2.05) is 0 Å². The maximum absolute atomic E-state index is 9.78. The first-order chi connectivity index (χ1) is 4.09. The molecule has 0 aliphatic heterocycles. The summed E-state index contributed by atoms with van der Waals surface area (Å²) in [5.74, 6) is -1.54. The maximum atomic E-state index is 9.78. The van der Waals surface area contributed by atoms with E-state index in [2.05, 4.69) is 0 Å². The minimum absolute atomic E-state index is 0. The average Bonchev–Trinajstić information content (AvgIpc) is 1.84. The van der Waals surface area contributed by atoms with Gasteiger partial charge in [-0.2, -0.15) is 0 Å². The van der Waals surface area contributed by atoms with Gasteiger partial charge in [0.2, 0.25) is 0 Å². The molecule has 0 aromatic heterocycles. The van der Waals surface area contributed by atoms with Crippen LogP contribution in [-0.2, 0) is 4.79 Å². The van der Waals surface area contributed by atoms with E-state index in [4.69, 9.17) is 20.4 Å². The molecule has 0 bridgehead atoms. The molecule has 5 nitrogen and oxygen atoms in total. The Kier molecular flexibility index (Phi) is 7.20. The topological polar surface area (TPSA) is 98.0 Å². The van der Waals surface area contributed by atoms with Crippen molar-refractivity contribution in [3.8, 4) is 0 Å². The van der Waals surface area contributed by atoms with Crippen LogP contribution >= 0.6 is 0 Å². The Morgan fingerprint density at radius 2 is 1.80 bits per heavy atom. The molecule has 4 N–H and O–H groups in total. The van der Waals surface area contributed by atoms with Gasteiger partial charge in [-0.25, -0.2) is 4.79 Å². The van der Waals surface area contributed by atoms with Crippen molar-refractivity contribution in [2.24, 2.45) is 0 Å². The SMILES string of the molecule is O=C(O)[C@@H](O)[C@@H](O)CO.[Li+]. The summed E-state index contributed by atoms with van der Waals surface area (Å²) in [5, 5.41) is 32.8. The van der Waals surface area contributed by atoms with E-state index in [-0.39, 0.29) is 18.9 Å². The van der Waals surface area contributed by atoms with Gasteiger partial charge in [0.1, 0.15) is 6.10 Å². The molecule has 0 unspecified atom stereocenters. The molecule has 0 saturated heterocycles. The fourth-order valence-electron chi connectivity index (χ4n) is 0.264. The van der Waals surface area contributed by atoms with E-state index in [9.17, 15) is 4.79 Å². The Morgan fingerprint density at radius 1 is 1.40 bits per heavy atom. The van der Waals surface area contributed by atoms with E-state index in [0.29, 0.717) is 0 Å². The second kappa shape index (κ2) is 5.71. The molecule has 0 amide bonds. The van der Waals surface area contributed by atoms with Crippen molar-refractivity contribution < 1.29 is 44.1 Å². The number of carbonyl (C=O) groups is 1. The fraction of sp³-hybridized carbons (Fsp3) is 0.750. The van der Waals surface area contributed by atoms with Gasteiger partial charge in [-0.15, -0.1) is 0 Å². The van der Waals surface area contributed by atoms with Crippen molar-refractivity contribution in [2.45, 2.75) is 12.2 Å². The van der Waals surface area contributed by atoms with Gasteiger partial charge < -0.3 is 20.4 Å². The second-order valence-corrected chi connectivity index (χ2v) is 1.53. The van der Waals surface area contributed by atoms with Crippen molar-refractivity contribution >= 4 is 5.97 Å². The molecule has 0 aromatic rings. The molecule has 54 valence electrons. The van der Waals surface area contributed by atoms with Gasteiger partial charge in [0, 0.05) is 0 Å². The van der Waals surface area contributed by atoms with Gasteiger partial charge in [-0.1, -0.05) is 0 Å². The van der Waals surface area contributed by atoms with Crippen LogP contribution in [0.5, 0.6) is 0 Å². The summed E-state index contributed by atoms with van der Waals surface area (Å²) in [5.41, 5.74) is 0. The number of carboxylic acids is 1. The summed E-state index contributed by atoms with van der Waals surface area (Å²) in [7, 11) is 0. The molecule has 0 saturated carbocycles. The van der Waals surface area contributed by atoms with Gasteiger partial charge in [0.05, 0.1) is 6.61 Å². The smallest absolute Gasteiger partial charge is 0.479 e. The Bertz CT molecular complexity index is 106. The molecule has 0 rings (SSSR count). The molecule has 0 spiro atoms.